The van der Waals surface area contributed by atoms with Crippen LogP contribution >= 0.6 is 0 Å². The Morgan fingerprint density at radius 1 is 1.20 bits per heavy atom. The van der Waals surface area contributed by atoms with E-state index in [1.807, 2.05) is 37.3 Å². The normalized spacial score (nSPS) is 9.60. The SMILES string of the molecule is CCC.CCn1nc(NC(C)=O)nc1-c1ccccc1. The second kappa shape index (κ2) is 8.09. The van der Waals surface area contributed by atoms with Gasteiger partial charge in [-0.05, 0) is 6.92 Å². The minimum atomic E-state index is -0.169. The Balaban J connectivity index is 0.000000612. The van der Waals surface area contributed by atoms with Gasteiger partial charge in [-0.1, -0.05) is 50.6 Å². The number of nitrogens with one attached hydrogen (secondary N) is 1. The van der Waals surface area contributed by atoms with Crippen LogP contribution in [0.4, 0.5) is 5.95 Å². The van der Waals surface area contributed by atoms with Crippen LogP contribution in [0.5, 0.6) is 0 Å². The molecule has 2 rings (SSSR count). The zero-order chi connectivity index (χ0) is 15.0. The van der Waals surface area contributed by atoms with Gasteiger partial charge in [-0.25, -0.2) is 4.68 Å². The van der Waals surface area contributed by atoms with Crippen LogP contribution in [0.2, 0.25) is 0 Å². The Bertz CT molecular complexity index is 534. The maximum atomic E-state index is 11.0. The molecule has 108 valence electrons. The Morgan fingerprint density at radius 2 is 1.80 bits per heavy atom. The van der Waals surface area contributed by atoms with E-state index in [4.69, 9.17) is 0 Å². The fraction of sp³-hybridized carbons (Fsp3) is 0.400. The van der Waals surface area contributed by atoms with Gasteiger partial charge in [-0.2, -0.15) is 4.98 Å². The van der Waals surface area contributed by atoms with Crippen LogP contribution in [-0.4, -0.2) is 20.7 Å². The third-order valence-electron chi connectivity index (χ3n) is 2.29. The van der Waals surface area contributed by atoms with E-state index in [2.05, 4.69) is 29.2 Å². The monoisotopic (exact) mass is 274 g/mol. The van der Waals surface area contributed by atoms with E-state index in [9.17, 15) is 4.79 Å². The molecule has 1 amide bonds. The highest BCUT2D eigenvalue weighted by molar-refractivity contribution is 5.86. The minimum Gasteiger partial charge on any atom is -0.293 e. The number of aryl methyl sites for hydroxylation is 1. The summed E-state index contributed by atoms with van der Waals surface area (Å²) in [4.78, 5) is 15.3. The third kappa shape index (κ3) is 4.50. The van der Waals surface area contributed by atoms with E-state index in [1.165, 1.54) is 13.3 Å². The molecule has 0 radical (unpaired) electrons. The van der Waals surface area contributed by atoms with Crippen molar-refractivity contribution in [3.05, 3.63) is 30.3 Å². The summed E-state index contributed by atoms with van der Waals surface area (Å²) in [6, 6.07) is 9.77. The van der Waals surface area contributed by atoms with E-state index in [0.29, 0.717) is 12.5 Å². The molecule has 0 atom stereocenters. The fourth-order valence-corrected chi connectivity index (χ4v) is 1.57. The van der Waals surface area contributed by atoms with Gasteiger partial charge in [-0.3, -0.25) is 10.1 Å². The van der Waals surface area contributed by atoms with E-state index >= 15 is 0 Å². The quantitative estimate of drug-likeness (QED) is 0.933. The molecule has 1 heterocycles. The number of rotatable bonds is 3. The molecule has 0 unspecified atom stereocenters. The summed E-state index contributed by atoms with van der Waals surface area (Å²) >= 11 is 0. The summed E-state index contributed by atoms with van der Waals surface area (Å²) in [6.45, 7) is 8.38. The number of benzene rings is 1. The van der Waals surface area contributed by atoms with Crippen molar-refractivity contribution in [2.75, 3.05) is 5.32 Å². The summed E-state index contributed by atoms with van der Waals surface area (Å²) in [5.74, 6) is 0.938. The molecule has 0 aliphatic rings. The van der Waals surface area contributed by atoms with Gasteiger partial charge in [-0.15, -0.1) is 5.10 Å². The van der Waals surface area contributed by atoms with Crippen molar-refractivity contribution >= 4 is 11.9 Å². The Hall–Kier alpha value is -2.17. The fourth-order valence-electron chi connectivity index (χ4n) is 1.57. The lowest BCUT2D eigenvalue weighted by Crippen LogP contribution is -2.07. The Morgan fingerprint density at radius 3 is 2.30 bits per heavy atom. The maximum Gasteiger partial charge on any atom is 0.249 e. The molecule has 20 heavy (non-hydrogen) atoms. The van der Waals surface area contributed by atoms with Crippen molar-refractivity contribution < 1.29 is 4.79 Å². The first-order valence-corrected chi connectivity index (χ1v) is 6.90. The highest BCUT2D eigenvalue weighted by Crippen LogP contribution is 2.18. The molecule has 1 aromatic carbocycles. The minimum absolute atomic E-state index is 0.169. The molecule has 0 saturated carbocycles. The van der Waals surface area contributed by atoms with Crippen LogP contribution in [0, 0.1) is 0 Å². The number of hydrogen-bond donors (Lipinski definition) is 1. The lowest BCUT2D eigenvalue weighted by Gasteiger charge is -2.01. The molecular weight excluding hydrogens is 252 g/mol. The highest BCUT2D eigenvalue weighted by Gasteiger charge is 2.10. The van der Waals surface area contributed by atoms with E-state index in [1.54, 1.807) is 4.68 Å². The highest BCUT2D eigenvalue weighted by atomic mass is 16.1. The number of carbonyl (C=O) groups is 1. The molecular formula is C15H22N4O. The first kappa shape index (κ1) is 15.9. The van der Waals surface area contributed by atoms with Crippen molar-refractivity contribution in [3.63, 3.8) is 0 Å². The van der Waals surface area contributed by atoms with Crippen LogP contribution in [0.25, 0.3) is 11.4 Å². The first-order chi connectivity index (χ1) is 9.62. The van der Waals surface area contributed by atoms with Crippen molar-refractivity contribution in [1.29, 1.82) is 0 Å². The van der Waals surface area contributed by atoms with Gasteiger partial charge in [0.25, 0.3) is 0 Å². The summed E-state index contributed by atoms with van der Waals surface area (Å²) in [5, 5.41) is 6.81. The van der Waals surface area contributed by atoms with Crippen molar-refractivity contribution in [2.24, 2.45) is 0 Å². The number of carbonyl (C=O) groups excluding carboxylic acids is 1. The summed E-state index contributed by atoms with van der Waals surface area (Å²) < 4.78 is 1.76. The van der Waals surface area contributed by atoms with Gasteiger partial charge < -0.3 is 0 Å². The van der Waals surface area contributed by atoms with Crippen molar-refractivity contribution in [3.8, 4) is 11.4 Å². The van der Waals surface area contributed by atoms with Crippen molar-refractivity contribution in [1.82, 2.24) is 14.8 Å². The van der Waals surface area contributed by atoms with Gasteiger partial charge in [0.05, 0.1) is 0 Å². The van der Waals surface area contributed by atoms with Gasteiger partial charge in [0.1, 0.15) is 0 Å². The van der Waals surface area contributed by atoms with E-state index in [0.717, 1.165) is 11.4 Å². The summed E-state index contributed by atoms with van der Waals surface area (Å²) in [6.07, 6.45) is 1.25. The molecule has 0 spiro atoms. The lowest BCUT2D eigenvalue weighted by atomic mass is 10.2. The topological polar surface area (TPSA) is 59.8 Å². The van der Waals surface area contributed by atoms with Gasteiger partial charge in [0.15, 0.2) is 5.82 Å². The Labute approximate surface area is 120 Å². The number of amides is 1. The summed E-state index contributed by atoms with van der Waals surface area (Å²) in [5.41, 5.74) is 0.985. The average molecular weight is 274 g/mol. The van der Waals surface area contributed by atoms with Gasteiger partial charge >= 0.3 is 0 Å². The second-order valence-electron chi connectivity index (χ2n) is 4.33. The van der Waals surface area contributed by atoms with Gasteiger partial charge in [0.2, 0.25) is 11.9 Å². The zero-order valence-corrected chi connectivity index (χ0v) is 12.6. The van der Waals surface area contributed by atoms with Gasteiger partial charge in [0, 0.05) is 19.0 Å². The number of nitrogens with zero attached hydrogens (tertiary/aromatic N) is 3. The molecule has 1 N–H and O–H groups in total. The molecule has 0 bridgehead atoms. The number of anilines is 1. The lowest BCUT2D eigenvalue weighted by molar-refractivity contribution is -0.114. The molecule has 2 aromatic rings. The molecule has 0 aliphatic heterocycles. The predicted molar refractivity (Wildman–Crippen MR) is 81.4 cm³/mol. The number of aromatic nitrogens is 3. The predicted octanol–water partition coefficient (Wildman–Crippen LogP) is 3.34. The molecule has 1 aromatic heterocycles. The van der Waals surface area contributed by atoms with E-state index < -0.39 is 0 Å². The first-order valence-electron chi connectivity index (χ1n) is 6.90. The van der Waals surface area contributed by atoms with Crippen LogP contribution in [-0.2, 0) is 11.3 Å². The maximum absolute atomic E-state index is 11.0. The van der Waals surface area contributed by atoms with Crippen LogP contribution in [0.15, 0.2) is 30.3 Å². The number of hydrogen-bond acceptors (Lipinski definition) is 3. The molecule has 5 heteroatoms. The standard InChI is InChI=1S/C12H14N4O.C3H8/c1-3-16-11(10-7-5-4-6-8-10)14-12(15-16)13-9(2)17;1-3-2/h4-8H,3H2,1-2H3,(H,13,15,17);3H2,1-2H3. The van der Waals surface area contributed by atoms with E-state index in [-0.39, 0.29) is 5.91 Å². The molecule has 0 saturated heterocycles. The molecule has 5 nitrogen and oxygen atoms in total. The molecule has 0 aliphatic carbocycles. The van der Waals surface area contributed by atoms with Crippen LogP contribution in [0.3, 0.4) is 0 Å². The largest absolute Gasteiger partial charge is 0.293 e. The molecule has 0 fully saturated rings. The van der Waals surface area contributed by atoms with Crippen LogP contribution < -0.4 is 5.32 Å². The zero-order valence-electron chi connectivity index (χ0n) is 12.6. The van der Waals surface area contributed by atoms with Crippen molar-refractivity contribution in [2.45, 2.75) is 40.7 Å². The smallest absolute Gasteiger partial charge is 0.249 e. The second-order valence-corrected chi connectivity index (χ2v) is 4.33. The third-order valence-corrected chi connectivity index (χ3v) is 2.29. The Kier molecular flexibility index (Phi) is 6.43. The van der Waals surface area contributed by atoms with Crippen LogP contribution in [0.1, 0.15) is 34.1 Å². The average Bonchev–Trinajstić information content (AvgIpc) is 2.83. The summed E-state index contributed by atoms with van der Waals surface area (Å²) in [7, 11) is 0.